The Morgan fingerprint density at radius 3 is 2.46 bits per heavy atom. The van der Waals surface area contributed by atoms with Gasteiger partial charge in [-0.2, -0.15) is 0 Å². The summed E-state index contributed by atoms with van der Waals surface area (Å²) in [6.45, 7) is 8.46. The number of H-pyrrole nitrogens is 1. The lowest BCUT2D eigenvalue weighted by Gasteiger charge is -2.07. The smallest absolute Gasteiger partial charge is 0.355 e. The second-order valence-electron chi connectivity index (χ2n) is 5.96. The molecular formula is C19H25NO4. The van der Waals surface area contributed by atoms with Crippen LogP contribution in [0.4, 0.5) is 0 Å². The van der Waals surface area contributed by atoms with E-state index in [0.717, 1.165) is 16.5 Å². The average Bonchev–Trinajstić information content (AvgIpc) is 2.91. The topological polar surface area (TPSA) is 68.4 Å². The Labute approximate surface area is 142 Å². The minimum atomic E-state index is -0.390. The van der Waals surface area contributed by atoms with Crippen LogP contribution < -0.4 is 0 Å². The fourth-order valence-electron chi connectivity index (χ4n) is 2.72. The van der Waals surface area contributed by atoms with E-state index in [-0.39, 0.29) is 12.4 Å². The maximum atomic E-state index is 12.3. The highest BCUT2D eigenvalue weighted by Crippen LogP contribution is 2.28. The largest absolute Gasteiger partial charge is 0.466 e. The van der Waals surface area contributed by atoms with Crippen LogP contribution in [0.3, 0.4) is 0 Å². The van der Waals surface area contributed by atoms with Crippen molar-refractivity contribution in [3.63, 3.8) is 0 Å². The third kappa shape index (κ3) is 3.96. The predicted octanol–water partition coefficient (Wildman–Crippen LogP) is 3.96. The minimum absolute atomic E-state index is 0.235. The molecule has 0 bridgehead atoms. The zero-order valence-corrected chi connectivity index (χ0v) is 14.8. The van der Waals surface area contributed by atoms with E-state index < -0.39 is 5.97 Å². The highest BCUT2D eigenvalue weighted by atomic mass is 16.5. The van der Waals surface area contributed by atoms with Crippen molar-refractivity contribution in [1.29, 1.82) is 0 Å². The molecular weight excluding hydrogens is 306 g/mol. The van der Waals surface area contributed by atoms with Gasteiger partial charge >= 0.3 is 11.9 Å². The molecule has 1 aromatic carbocycles. The summed E-state index contributed by atoms with van der Waals surface area (Å²) in [4.78, 5) is 27.1. The van der Waals surface area contributed by atoms with E-state index in [1.807, 2.05) is 12.1 Å². The number of nitrogens with one attached hydrogen (secondary N) is 1. The minimum Gasteiger partial charge on any atom is -0.466 e. The van der Waals surface area contributed by atoms with Gasteiger partial charge in [-0.05, 0) is 49.4 Å². The van der Waals surface area contributed by atoms with Crippen molar-refractivity contribution in [1.82, 2.24) is 4.98 Å². The Morgan fingerprint density at radius 1 is 1.12 bits per heavy atom. The molecule has 5 heteroatoms. The molecule has 0 radical (unpaired) electrons. The molecule has 0 aliphatic rings. The molecule has 0 saturated heterocycles. The Morgan fingerprint density at radius 2 is 1.83 bits per heavy atom. The van der Waals surface area contributed by atoms with Crippen LogP contribution in [-0.2, 0) is 20.7 Å². The van der Waals surface area contributed by atoms with Crippen LogP contribution in [0.1, 0.15) is 61.6 Å². The monoisotopic (exact) mass is 331 g/mol. The van der Waals surface area contributed by atoms with Gasteiger partial charge in [0.15, 0.2) is 0 Å². The number of fused-ring (bicyclic) bond motifs is 1. The summed E-state index contributed by atoms with van der Waals surface area (Å²) in [5.74, 6) is -0.270. The Kier molecular flexibility index (Phi) is 6.01. The first-order valence-electron chi connectivity index (χ1n) is 8.45. The summed E-state index contributed by atoms with van der Waals surface area (Å²) in [5.41, 5.74) is 3.31. The van der Waals surface area contributed by atoms with E-state index in [0.29, 0.717) is 31.2 Å². The Hall–Kier alpha value is -2.30. The molecule has 1 heterocycles. The van der Waals surface area contributed by atoms with Gasteiger partial charge in [-0.15, -0.1) is 0 Å². The molecule has 0 fully saturated rings. The van der Waals surface area contributed by atoms with Crippen LogP contribution in [-0.4, -0.2) is 30.1 Å². The average molecular weight is 331 g/mol. The highest BCUT2D eigenvalue weighted by Gasteiger charge is 2.20. The molecule has 1 N–H and O–H groups in total. The molecule has 2 rings (SSSR count). The van der Waals surface area contributed by atoms with Crippen molar-refractivity contribution < 1.29 is 19.1 Å². The molecule has 0 aliphatic carbocycles. The molecule has 24 heavy (non-hydrogen) atoms. The summed E-state index contributed by atoms with van der Waals surface area (Å²) in [6, 6.07) is 6.11. The van der Waals surface area contributed by atoms with Crippen molar-refractivity contribution in [2.75, 3.05) is 13.2 Å². The van der Waals surface area contributed by atoms with E-state index in [1.54, 1.807) is 13.8 Å². The van der Waals surface area contributed by atoms with Crippen molar-refractivity contribution in [2.45, 2.75) is 46.5 Å². The molecule has 1 aromatic heterocycles. The maximum Gasteiger partial charge on any atom is 0.355 e. The summed E-state index contributed by atoms with van der Waals surface area (Å²) >= 11 is 0. The standard InChI is InChI=1S/C19H25NO4/c1-5-23-17(21)10-8-14-15-11-13(12(3)4)7-9-16(15)20-18(14)19(22)24-6-2/h7,9,11-12,20H,5-6,8,10H2,1-4H3. The van der Waals surface area contributed by atoms with Crippen molar-refractivity contribution in [3.05, 3.63) is 35.0 Å². The number of benzene rings is 1. The van der Waals surface area contributed by atoms with Crippen LogP contribution in [0.2, 0.25) is 0 Å². The predicted molar refractivity (Wildman–Crippen MR) is 93.3 cm³/mol. The maximum absolute atomic E-state index is 12.3. The third-order valence-corrected chi connectivity index (χ3v) is 3.96. The van der Waals surface area contributed by atoms with E-state index in [2.05, 4.69) is 24.9 Å². The molecule has 130 valence electrons. The quantitative estimate of drug-likeness (QED) is 0.780. The fraction of sp³-hybridized carbons (Fsp3) is 0.474. The number of aromatic amines is 1. The van der Waals surface area contributed by atoms with E-state index in [9.17, 15) is 9.59 Å². The van der Waals surface area contributed by atoms with Crippen LogP contribution in [0.5, 0.6) is 0 Å². The summed E-state index contributed by atoms with van der Waals surface area (Å²) < 4.78 is 10.1. The van der Waals surface area contributed by atoms with Gasteiger partial charge in [0.2, 0.25) is 0 Å². The van der Waals surface area contributed by atoms with Gasteiger partial charge in [-0.3, -0.25) is 4.79 Å². The highest BCUT2D eigenvalue weighted by molar-refractivity contribution is 5.98. The van der Waals surface area contributed by atoms with Crippen molar-refractivity contribution in [3.8, 4) is 0 Å². The lowest BCUT2D eigenvalue weighted by atomic mass is 9.98. The molecule has 0 amide bonds. The molecule has 5 nitrogen and oxygen atoms in total. The first-order valence-corrected chi connectivity index (χ1v) is 8.45. The normalized spacial score (nSPS) is 11.0. The van der Waals surface area contributed by atoms with Crippen LogP contribution >= 0.6 is 0 Å². The summed E-state index contributed by atoms with van der Waals surface area (Å²) in [6.07, 6.45) is 0.674. The van der Waals surface area contributed by atoms with Crippen molar-refractivity contribution in [2.24, 2.45) is 0 Å². The molecule has 0 saturated carbocycles. The second kappa shape index (κ2) is 7.99. The van der Waals surface area contributed by atoms with Gasteiger partial charge in [0.05, 0.1) is 13.2 Å². The van der Waals surface area contributed by atoms with Gasteiger partial charge in [-0.1, -0.05) is 19.9 Å². The zero-order valence-electron chi connectivity index (χ0n) is 14.8. The van der Waals surface area contributed by atoms with E-state index in [4.69, 9.17) is 9.47 Å². The molecule has 0 unspecified atom stereocenters. The number of esters is 2. The molecule has 0 aliphatic heterocycles. The van der Waals surface area contributed by atoms with Gasteiger partial charge in [0.1, 0.15) is 5.69 Å². The number of carbonyl (C=O) groups is 2. The van der Waals surface area contributed by atoms with Crippen LogP contribution in [0.25, 0.3) is 10.9 Å². The number of ether oxygens (including phenoxy) is 2. The second-order valence-corrected chi connectivity index (χ2v) is 5.96. The van der Waals surface area contributed by atoms with Crippen LogP contribution in [0, 0.1) is 0 Å². The first kappa shape index (κ1) is 18.0. The number of hydrogen-bond acceptors (Lipinski definition) is 4. The SMILES string of the molecule is CCOC(=O)CCc1c(C(=O)OCC)[nH]c2ccc(C(C)C)cc12. The Balaban J connectivity index is 2.44. The van der Waals surface area contributed by atoms with Gasteiger partial charge in [0.25, 0.3) is 0 Å². The zero-order chi connectivity index (χ0) is 17.7. The fourth-order valence-corrected chi connectivity index (χ4v) is 2.72. The van der Waals surface area contributed by atoms with E-state index >= 15 is 0 Å². The molecule has 0 spiro atoms. The van der Waals surface area contributed by atoms with Crippen molar-refractivity contribution >= 4 is 22.8 Å². The summed E-state index contributed by atoms with van der Waals surface area (Å²) in [5, 5.41) is 0.966. The first-order chi connectivity index (χ1) is 11.5. The Bertz CT molecular complexity index is 730. The summed E-state index contributed by atoms with van der Waals surface area (Å²) in [7, 11) is 0. The number of aryl methyl sites for hydroxylation is 1. The van der Waals surface area contributed by atoms with Gasteiger partial charge in [0, 0.05) is 17.3 Å². The number of hydrogen-bond donors (Lipinski definition) is 1. The molecule has 0 atom stereocenters. The van der Waals surface area contributed by atoms with Gasteiger partial charge < -0.3 is 14.5 Å². The van der Waals surface area contributed by atoms with Crippen LogP contribution in [0.15, 0.2) is 18.2 Å². The van der Waals surface area contributed by atoms with Gasteiger partial charge in [-0.25, -0.2) is 4.79 Å². The number of aromatic nitrogens is 1. The third-order valence-electron chi connectivity index (χ3n) is 3.96. The van der Waals surface area contributed by atoms with E-state index in [1.165, 1.54) is 5.56 Å². The lowest BCUT2D eigenvalue weighted by Crippen LogP contribution is -2.10. The lowest BCUT2D eigenvalue weighted by molar-refractivity contribution is -0.143. The molecule has 2 aromatic rings. The number of carbonyl (C=O) groups excluding carboxylic acids is 2. The number of rotatable bonds is 7.